The molecule has 6 N–H and O–H groups in total. The van der Waals surface area contributed by atoms with Gasteiger partial charge >= 0.3 is 6.18 Å². The highest BCUT2D eigenvalue weighted by Gasteiger charge is 2.35. The Kier molecular flexibility index (Phi) is 11.7. The van der Waals surface area contributed by atoms with Crippen molar-refractivity contribution in [2.24, 2.45) is 0 Å². The lowest BCUT2D eigenvalue weighted by Crippen LogP contribution is -2.54. The highest BCUT2D eigenvalue weighted by Crippen LogP contribution is 2.35. The van der Waals surface area contributed by atoms with Gasteiger partial charge in [0.25, 0.3) is 5.91 Å². The van der Waals surface area contributed by atoms with E-state index in [-0.39, 0.29) is 45.0 Å². The summed E-state index contributed by atoms with van der Waals surface area (Å²) in [6.07, 6.45) is -1.52. The molecule has 3 rings (SSSR count). The first-order chi connectivity index (χ1) is 17.5. The van der Waals surface area contributed by atoms with Crippen LogP contribution >= 0.6 is 23.2 Å². The van der Waals surface area contributed by atoms with E-state index in [9.17, 15) is 18.0 Å². The number of nitrogens with two attached hydrogens (primary N) is 1. The highest BCUT2D eigenvalue weighted by atomic mass is 35.5. The minimum atomic E-state index is -4.54. The number of likely N-dealkylation sites (tertiary alicyclic amines) is 1. The van der Waals surface area contributed by atoms with Gasteiger partial charge in [-0.3, -0.25) is 4.79 Å². The van der Waals surface area contributed by atoms with Gasteiger partial charge in [-0.1, -0.05) is 23.2 Å². The number of unbranched alkanes of at least 4 members (excludes halogenated alkanes) is 1. The van der Waals surface area contributed by atoms with Crippen LogP contribution in [0.15, 0.2) is 24.4 Å². The fourth-order valence-corrected chi connectivity index (χ4v) is 4.53. The molecule has 1 saturated heterocycles. The number of nitrogens with one attached hydrogen (secondary N) is 2. The van der Waals surface area contributed by atoms with Crippen molar-refractivity contribution in [2.45, 2.75) is 37.6 Å². The maximum absolute atomic E-state index is 13.2. The minimum Gasteiger partial charge on any atom is -0.496 e. The number of rotatable bonds is 10. The van der Waals surface area contributed by atoms with Crippen molar-refractivity contribution in [1.82, 2.24) is 15.2 Å². The number of carbonyl (C=O) groups is 1. The smallest absolute Gasteiger partial charge is 0.420 e. The quantitative estimate of drug-likeness (QED) is 0.286. The molecule has 2 atom stereocenters. The summed E-state index contributed by atoms with van der Waals surface area (Å²) in [5.74, 6) is -0.234. The normalized spacial score (nSPS) is 18.0. The molecule has 2 heterocycles. The second-order valence-electron chi connectivity index (χ2n) is 8.70. The summed E-state index contributed by atoms with van der Waals surface area (Å²) in [7, 11) is 3.04. The van der Waals surface area contributed by atoms with Gasteiger partial charge < -0.3 is 36.2 Å². The summed E-state index contributed by atoms with van der Waals surface area (Å²) in [5, 5.41) is 5.96. The van der Waals surface area contributed by atoms with Crippen LogP contribution in [0.2, 0.25) is 10.0 Å². The van der Waals surface area contributed by atoms with E-state index in [4.69, 9.17) is 38.4 Å². The lowest BCUT2D eigenvalue weighted by molar-refractivity contribution is -0.137. The molecule has 0 aliphatic carbocycles. The Labute approximate surface area is 229 Å². The molecule has 1 aromatic heterocycles. The average Bonchev–Trinajstić information content (AvgIpc) is 2.85. The summed E-state index contributed by atoms with van der Waals surface area (Å²) in [5.41, 5.74) is 5.52. The summed E-state index contributed by atoms with van der Waals surface area (Å²) in [4.78, 5) is 18.9. The Morgan fingerprint density at radius 2 is 1.97 bits per heavy atom. The van der Waals surface area contributed by atoms with Crippen molar-refractivity contribution in [3.8, 4) is 5.75 Å². The van der Waals surface area contributed by atoms with Crippen LogP contribution in [0.1, 0.15) is 35.2 Å². The second-order valence-corrected chi connectivity index (χ2v) is 9.54. The molecule has 1 aliphatic heterocycles. The molecule has 2 aromatic rings. The summed E-state index contributed by atoms with van der Waals surface area (Å²) in [6.45, 7) is 2.41. The van der Waals surface area contributed by atoms with Crippen LogP contribution in [-0.2, 0) is 10.9 Å². The van der Waals surface area contributed by atoms with Gasteiger partial charge in [0.15, 0.2) is 0 Å². The summed E-state index contributed by atoms with van der Waals surface area (Å²) < 4.78 is 50.5. The summed E-state index contributed by atoms with van der Waals surface area (Å²) in [6, 6.07) is 3.64. The van der Waals surface area contributed by atoms with Crippen LogP contribution in [0.5, 0.6) is 5.75 Å². The molecule has 0 bridgehead atoms. The molecule has 0 spiro atoms. The fraction of sp³-hybridized carbons (Fsp3) is 0.500. The molecule has 0 saturated carbocycles. The molecule has 212 valence electrons. The first kappa shape index (κ1) is 31.7. The van der Waals surface area contributed by atoms with E-state index >= 15 is 0 Å². The first-order valence-corrected chi connectivity index (χ1v) is 12.4. The predicted molar refractivity (Wildman–Crippen MR) is 141 cm³/mol. The maximum atomic E-state index is 13.2. The molecule has 0 radical (unpaired) electrons. The van der Waals surface area contributed by atoms with Gasteiger partial charge in [0.05, 0.1) is 46.1 Å². The number of aromatic nitrogens is 1. The number of piperidine rings is 1. The molecule has 38 heavy (non-hydrogen) atoms. The third-order valence-corrected chi connectivity index (χ3v) is 6.71. The number of nitrogens with zero attached hydrogens (tertiary/aromatic N) is 2. The van der Waals surface area contributed by atoms with Gasteiger partial charge in [-0.25, -0.2) is 4.98 Å². The zero-order valence-corrected chi connectivity index (χ0v) is 22.5. The SMILES string of the molecule is COc1cc(N)c(Cl)cc1C(=O)N[C@H]1CCN(CCCCNc2ncc(Cl)cc2C(F)(F)F)C[C@H]1OC.O. The number of hydrogen-bond acceptors (Lipinski definition) is 7. The number of benzene rings is 1. The first-order valence-electron chi connectivity index (χ1n) is 11.7. The Bertz CT molecular complexity index is 1090. The molecular formula is C24H32Cl2F3N5O4. The molecule has 14 heteroatoms. The third-order valence-electron chi connectivity index (χ3n) is 6.18. The topological polar surface area (TPSA) is 133 Å². The number of anilines is 2. The van der Waals surface area contributed by atoms with Crippen LogP contribution in [0.3, 0.4) is 0 Å². The average molecular weight is 582 g/mol. The van der Waals surface area contributed by atoms with E-state index < -0.39 is 11.7 Å². The Balaban J connectivity index is 0.00000507. The third kappa shape index (κ3) is 8.24. The number of alkyl halides is 3. The zero-order valence-electron chi connectivity index (χ0n) is 21.0. The number of amides is 1. The number of ether oxygens (including phenoxy) is 2. The van der Waals surface area contributed by atoms with Crippen molar-refractivity contribution in [3.63, 3.8) is 0 Å². The van der Waals surface area contributed by atoms with E-state index in [1.165, 1.54) is 25.4 Å². The second kappa shape index (κ2) is 14.0. The highest BCUT2D eigenvalue weighted by molar-refractivity contribution is 6.33. The Morgan fingerprint density at radius 3 is 2.63 bits per heavy atom. The molecule has 9 nitrogen and oxygen atoms in total. The Morgan fingerprint density at radius 1 is 1.24 bits per heavy atom. The van der Waals surface area contributed by atoms with E-state index in [1.807, 2.05) is 0 Å². The number of methoxy groups -OCH3 is 2. The minimum absolute atomic E-state index is 0. The monoisotopic (exact) mass is 581 g/mol. The number of nitrogen functional groups attached to an aromatic ring is 1. The number of pyridine rings is 1. The van der Waals surface area contributed by atoms with Crippen molar-refractivity contribution in [1.29, 1.82) is 0 Å². The summed E-state index contributed by atoms with van der Waals surface area (Å²) >= 11 is 11.8. The van der Waals surface area contributed by atoms with Gasteiger partial charge in [0.2, 0.25) is 0 Å². The Hall–Kier alpha value is -2.51. The van der Waals surface area contributed by atoms with Crippen LogP contribution in [-0.4, -0.2) is 73.8 Å². The van der Waals surface area contributed by atoms with Gasteiger partial charge in [-0.15, -0.1) is 0 Å². The van der Waals surface area contributed by atoms with Crippen molar-refractivity contribution >= 4 is 40.6 Å². The molecule has 1 aliphatic rings. The van der Waals surface area contributed by atoms with Crippen molar-refractivity contribution in [2.75, 3.05) is 51.4 Å². The van der Waals surface area contributed by atoms with Crippen molar-refractivity contribution < 1.29 is 32.9 Å². The molecule has 0 unspecified atom stereocenters. The van der Waals surface area contributed by atoms with Gasteiger partial charge in [-0.2, -0.15) is 13.2 Å². The van der Waals surface area contributed by atoms with Crippen LogP contribution in [0.4, 0.5) is 24.7 Å². The molecular weight excluding hydrogens is 550 g/mol. The maximum Gasteiger partial charge on any atom is 0.420 e. The standard InChI is InChI=1S/C24H30Cl2F3N5O3.H2O/c1-36-20-11-18(30)17(26)10-15(20)23(35)33-19-5-8-34(13-21(19)37-2)7-4-3-6-31-22-16(24(27,28)29)9-14(25)12-32-22;/h9-12,19,21H,3-8,13,30H2,1-2H3,(H,31,32)(H,33,35);1H2/t19-,21+;/m0./s1. The van der Waals surface area contributed by atoms with Crippen LogP contribution < -0.4 is 21.1 Å². The lowest BCUT2D eigenvalue weighted by Gasteiger charge is -2.38. The number of halogens is 5. The van der Waals surface area contributed by atoms with Gasteiger partial charge in [0, 0.05) is 39.0 Å². The van der Waals surface area contributed by atoms with Gasteiger partial charge in [0.1, 0.15) is 11.6 Å². The van der Waals surface area contributed by atoms with Gasteiger partial charge in [-0.05, 0) is 37.9 Å². The van der Waals surface area contributed by atoms with E-state index in [0.29, 0.717) is 37.4 Å². The van der Waals surface area contributed by atoms with E-state index in [0.717, 1.165) is 25.6 Å². The predicted octanol–water partition coefficient (Wildman–Crippen LogP) is 3.88. The number of hydrogen-bond donors (Lipinski definition) is 3. The van der Waals surface area contributed by atoms with Crippen molar-refractivity contribution in [3.05, 3.63) is 45.6 Å². The largest absolute Gasteiger partial charge is 0.496 e. The molecule has 1 amide bonds. The van der Waals surface area contributed by atoms with Crippen LogP contribution in [0, 0.1) is 0 Å². The van der Waals surface area contributed by atoms with E-state index in [1.54, 1.807) is 7.11 Å². The molecule has 1 fully saturated rings. The van der Waals surface area contributed by atoms with Crippen LogP contribution in [0.25, 0.3) is 0 Å². The number of carbonyl (C=O) groups excluding carboxylic acids is 1. The zero-order chi connectivity index (χ0) is 27.2. The van der Waals surface area contributed by atoms with E-state index in [2.05, 4.69) is 20.5 Å². The molecule has 1 aromatic carbocycles. The lowest BCUT2D eigenvalue weighted by atomic mass is 10.0. The fourth-order valence-electron chi connectivity index (χ4n) is 4.21.